The summed E-state index contributed by atoms with van der Waals surface area (Å²) in [7, 11) is 1.30. The Balaban J connectivity index is 0.000000406. The van der Waals surface area contributed by atoms with Crippen molar-refractivity contribution in [3.05, 3.63) is 108 Å². The van der Waals surface area contributed by atoms with Crippen molar-refractivity contribution >= 4 is 18.4 Å². The molecule has 5 aromatic rings. The van der Waals surface area contributed by atoms with Gasteiger partial charge < -0.3 is 30.2 Å². The van der Waals surface area contributed by atoms with Crippen molar-refractivity contribution in [1.82, 2.24) is 35.5 Å². The largest absolute Gasteiger partial charge is 0.453 e. The number of carbonyl (C=O) groups excluding carboxylic acids is 3. The third-order valence-electron chi connectivity index (χ3n) is 11.5. The third kappa shape index (κ3) is 8.66. The highest BCUT2D eigenvalue weighted by atomic mass is 16.5. The van der Waals surface area contributed by atoms with E-state index < -0.39 is 12.1 Å². The maximum atomic E-state index is 13.5. The molecule has 3 aliphatic rings. The van der Waals surface area contributed by atoms with Gasteiger partial charge in [-0.2, -0.15) is 0 Å². The number of rotatable bonds is 11. The predicted molar refractivity (Wildman–Crippen MR) is 212 cm³/mol. The number of alkyl carbamates (subject to hydrolysis) is 1. The molecule has 3 aromatic carbocycles. The molecule has 2 bridgehead atoms. The van der Waals surface area contributed by atoms with Crippen LogP contribution in [0.25, 0.3) is 33.6 Å². The Morgan fingerprint density at radius 3 is 2.02 bits per heavy atom. The standard InChI is InChI=1S/C36H42N6O3.C8H9NO/c1-21(2)32(41-36(44)45-3)35(43)42-16-4-5-31(42)34-38-20-30(40-34)26-14-10-24(11-15-26)23-8-12-25(13-9-23)29-19-37-33(39-29)28-18-22-6-7-27(28)17-22;10-7-9-6-8-4-2-1-3-5-8/h8-15,19-22,27-28,31-32H,4-7,16-18H2,1-3H3,(H,37,39)(H,38,40)(H,41,44);1-5,7H,6H2,(H,9,10). The monoisotopic (exact) mass is 741 g/mol. The lowest BCUT2D eigenvalue weighted by Gasteiger charge is -2.30. The van der Waals surface area contributed by atoms with Crippen LogP contribution in [0.3, 0.4) is 0 Å². The highest BCUT2D eigenvalue weighted by Crippen LogP contribution is 2.52. The summed E-state index contributed by atoms with van der Waals surface area (Å²) in [5, 5.41) is 5.29. The summed E-state index contributed by atoms with van der Waals surface area (Å²) in [5.74, 6) is 4.07. The Morgan fingerprint density at radius 2 is 1.45 bits per heavy atom. The number of nitrogens with zero attached hydrogens (tertiary/aromatic N) is 3. The molecule has 3 fully saturated rings. The quantitative estimate of drug-likeness (QED) is 0.101. The van der Waals surface area contributed by atoms with E-state index in [1.165, 1.54) is 38.6 Å². The number of methoxy groups -OCH3 is 1. The van der Waals surface area contributed by atoms with Crippen LogP contribution in [0, 0.1) is 17.8 Å². The lowest BCUT2D eigenvalue weighted by atomic mass is 9.88. The number of amides is 3. The second-order valence-electron chi connectivity index (χ2n) is 15.3. The lowest BCUT2D eigenvalue weighted by Crippen LogP contribution is -2.51. The fraction of sp³-hybridized carbons (Fsp3) is 0.386. The van der Waals surface area contributed by atoms with Gasteiger partial charge in [0, 0.05) is 19.0 Å². The van der Waals surface area contributed by atoms with E-state index in [9.17, 15) is 14.4 Å². The van der Waals surface area contributed by atoms with Gasteiger partial charge in [-0.3, -0.25) is 9.59 Å². The molecular formula is C44H51N7O4. The number of H-pyrrole nitrogens is 2. The van der Waals surface area contributed by atoms with Crippen molar-refractivity contribution in [2.45, 2.75) is 76.9 Å². The highest BCUT2D eigenvalue weighted by molar-refractivity contribution is 5.86. The van der Waals surface area contributed by atoms with Crippen LogP contribution < -0.4 is 10.6 Å². The molecule has 2 aliphatic carbocycles. The summed E-state index contributed by atoms with van der Waals surface area (Å²) in [6, 6.07) is 26.1. The number of hydrogen-bond donors (Lipinski definition) is 4. The molecule has 8 rings (SSSR count). The van der Waals surface area contributed by atoms with Gasteiger partial charge >= 0.3 is 6.09 Å². The molecule has 55 heavy (non-hydrogen) atoms. The molecule has 286 valence electrons. The van der Waals surface area contributed by atoms with Crippen molar-refractivity contribution in [3.63, 3.8) is 0 Å². The second kappa shape index (κ2) is 17.2. The SMILES string of the molecule is COC(=O)NC(C(=O)N1CCCC1c1ncc(-c2ccc(-c3ccc(-c4cnc(C5CC6CCC5C6)[nH]4)cc3)cc2)[nH]1)C(C)C.O=CNCc1ccccc1. The van der Waals surface area contributed by atoms with Gasteiger partial charge in [-0.15, -0.1) is 0 Å². The summed E-state index contributed by atoms with van der Waals surface area (Å²) >= 11 is 0. The van der Waals surface area contributed by atoms with Gasteiger partial charge in [0.1, 0.15) is 17.7 Å². The topological polar surface area (TPSA) is 145 Å². The number of fused-ring (bicyclic) bond motifs is 2. The van der Waals surface area contributed by atoms with Gasteiger partial charge in [-0.25, -0.2) is 14.8 Å². The minimum Gasteiger partial charge on any atom is -0.453 e. The molecule has 0 radical (unpaired) electrons. The second-order valence-corrected chi connectivity index (χ2v) is 15.3. The molecule has 1 saturated heterocycles. The zero-order chi connectivity index (χ0) is 38.3. The van der Waals surface area contributed by atoms with Gasteiger partial charge in [0.25, 0.3) is 0 Å². The molecule has 5 unspecified atom stereocenters. The van der Waals surface area contributed by atoms with E-state index in [-0.39, 0.29) is 17.9 Å². The average Bonchev–Trinajstić information content (AvgIpc) is 4.08. The Kier molecular flexibility index (Phi) is 11.7. The number of hydrogen-bond acceptors (Lipinski definition) is 6. The number of carbonyl (C=O) groups is 3. The van der Waals surface area contributed by atoms with Gasteiger partial charge in [0.2, 0.25) is 12.3 Å². The smallest absolute Gasteiger partial charge is 0.407 e. The molecule has 3 heterocycles. The van der Waals surface area contributed by atoms with Crippen molar-refractivity contribution in [2.24, 2.45) is 17.8 Å². The van der Waals surface area contributed by atoms with Gasteiger partial charge in [-0.1, -0.05) is 99.1 Å². The molecule has 3 amide bonds. The summed E-state index contributed by atoms with van der Waals surface area (Å²) in [4.78, 5) is 53.6. The van der Waals surface area contributed by atoms with Crippen LogP contribution >= 0.6 is 0 Å². The summed E-state index contributed by atoms with van der Waals surface area (Å²) < 4.78 is 4.75. The first-order chi connectivity index (χ1) is 26.8. The fourth-order valence-electron chi connectivity index (χ4n) is 8.54. The molecular weight excluding hydrogens is 691 g/mol. The third-order valence-corrected chi connectivity index (χ3v) is 11.5. The molecule has 4 N–H and O–H groups in total. The summed E-state index contributed by atoms with van der Waals surface area (Å²) in [6.45, 7) is 5.08. The van der Waals surface area contributed by atoms with Crippen LogP contribution in [0.4, 0.5) is 4.79 Å². The Labute approximate surface area is 322 Å². The van der Waals surface area contributed by atoms with E-state index in [4.69, 9.17) is 9.72 Å². The van der Waals surface area contributed by atoms with Crippen molar-refractivity contribution in [3.8, 4) is 33.6 Å². The number of nitrogens with one attached hydrogen (secondary N) is 4. The Bertz CT molecular complexity index is 2040. The van der Waals surface area contributed by atoms with E-state index in [0.717, 1.165) is 69.7 Å². The van der Waals surface area contributed by atoms with E-state index in [0.29, 0.717) is 25.4 Å². The number of aromatic amines is 2. The summed E-state index contributed by atoms with van der Waals surface area (Å²) in [6.07, 6.45) is 11.1. The van der Waals surface area contributed by atoms with Gasteiger partial charge in [0.05, 0.1) is 36.9 Å². The van der Waals surface area contributed by atoms with Crippen LogP contribution in [-0.2, 0) is 20.9 Å². The van der Waals surface area contributed by atoms with Crippen molar-refractivity contribution < 1.29 is 19.1 Å². The maximum Gasteiger partial charge on any atom is 0.407 e. The Hall–Kier alpha value is -5.71. The number of ether oxygens (including phenoxy) is 1. The summed E-state index contributed by atoms with van der Waals surface area (Å²) in [5.41, 5.74) is 7.60. The number of imidazole rings is 2. The van der Waals surface area contributed by atoms with Gasteiger partial charge in [0.15, 0.2) is 0 Å². The van der Waals surface area contributed by atoms with Crippen LogP contribution in [0.5, 0.6) is 0 Å². The maximum absolute atomic E-state index is 13.5. The average molecular weight is 742 g/mol. The zero-order valence-electron chi connectivity index (χ0n) is 31.8. The van der Waals surface area contributed by atoms with E-state index in [1.807, 2.05) is 61.5 Å². The Morgan fingerprint density at radius 1 is 0.836 bits per heavy atom. The lowest BCUT2D eigenvalue weighted by molar-refractivity contribution is -0.135. The molecule has 11 heteroatoms. The predicted octanol–water partition coefficient (Wildman–Crippen LogP) is 8.01. The number of benzene rings is 3. The van der Waals surface area contributed by atoms with Crippen molar-refractivity contribution in [1.29, 1.82) is 0 Å². The van der Waals surface area contributed by atoms with E-state index >= 15 is 0 Å². The number of aromatic nitrogens is 4. The van der Waals surface area contributed by atoms with Crippen LogP contribution in [0.2, 0.25) is 0 Å². The number of likely N-dealkylation sites (tertiary alicyclic amines) is 1. The van der Waals surface area contributed by atoms with E-state index in [1.54, 1.807) is 0 Å². The van der Waals surface area contributed by atoms with Crippen LogP contribution in [0.1, 0.15) is 81.5 Å². The molecule has 11 nitrogen and oxygen atoms in total. The zero-order valence-corrected chi connectivity index (χ0v) is 31.8. The van der Waals surface area contributed by atoms with E-state index in [2.05, 4.69) is 74.1 Å². The van der Waals surface area contributed by atoms with Crippen LogP contribution in [0.15, 0.2) is 91.3 Å². The molecule has 2 aromatic heterocycles. The highest BCUT2D eigenvalue weighted by Gasteiger charge is 2.41. The first-order valence-electron chi connectivity index (χ1n) is 19.5. The molecule has 5 atom stereocenters. The molecule has 1 aliphatic heterocycles. The molecule has 2 saturated carbocycles. The van der Waals surface area contributed by atoms with Gasteiger partial charge in [-0.05, 0) is 77.7 Å². The minimum absolute atomic E-state index is 0.0743. The minimum atomic E-state index is -0.655. The van der Waals surface area contributed by atoms with Crippen molar-refractivity contribution in [2.75, 3.05) is 13.7 Å². The normalized spacial score (nSPS) is 20.5. The first-order valence-corrected chi connectivity index (χ1v) is 19.5. The van der Waals surface area contributed by atoms with Crippen LogP contribution in [-0.4, -0.2) is 62.9 Å². The first kappa shape index (κ1) is 37.6. The fourth-order valence-corrected chi connectivity index (χ4v) is 8.54. The molecule has 0 spiro atoms.